The molecule has 0 unspecified atom stereocenters. The fourth-order valence-corrected chi connectivity index (χ4v) is 2.56. The van der Waals surface area contributed by atoms with E-state index in [-0.39, 0.29) is 18.0 Å². The van der Waals surface area contributed by atoms with Crippen molar-refractivity contribution in [3.05, 3.63) is 52.4 Å². The minimum atomic E-state index is -0.578. The minimum Gasteiger partial charge on any atom is -0.365 e. The Bertz CT molecular complexity index is 744. The first-order chi connectivity index (χ1) is 11.8. The van der Waals surface area contributed by atoms with E-state index >= 15 is 0 Å². The number of aliphatic imine (C=N–C) groups is 1. The third kappa shape index (κ3) is 4.75. The van der Waals surface area contributed by atoms with Crippen LogP contribution in [0.2, 0.25) is 0 Å². The second-order valence-electron chi connectivity index (χ2n) is 6.83. The van der Waals surface area contributed by atoms with Crippen LogP contribution in [0.25, 0.3) is 0 Å². The zero-order valence-electron chi connectivity index (χ0n) is 15.2. The highest BCUT2D eigenvalue weighted by Gasteiger charge is 2.38. The van der Waals surface area contributed by atoms with Crippen LogP contribution < -0.4 is 10.6 Å². The highest BCUT2D eigenvalue weighted by Crippen LogP contribution is 2.36. The lowest BCUT2D eigenvalue weighted by atomic mass is 10.0. The number of nitrogens with one attached hydrogen (secondary N) is 2. The van der Waals surface area contributed by atoms with Crippen molar-refractivity contribution in [1.29, 1.82) is 0 Å². The first-order valence-electron chi connectivity index (χ1n) is 8.28. The summed E-state index contributed by atoms with van der Waals surface area (Å²) in [5.74, 6) is -0.242. The van der Waals surface area contributed by atoms with Gasteiger partial charge in [-0.15, -0.1) is 0 Å². The molecule has 0 aromatic carbocycles. The molecule has 0 atom stereocenters. The minimum absolute atomic E-state index is 0.0276. The van der Waals surface area contributed by atoms with E-state index in [1.165, 1.54) is 6.20 Å². The van der Waals surface area contributed by atoms with E-state index < -0.39 is 5.95 Å². The van der Waals surface area contributed by atoms with Gasteiger partial charge in [-0.25, -0.2) is 9.98 Å². The molecule has 1 aromatic rings. The van der Waals surface area contributed by atoms with E-state index in [0.29, 0.717) is 17.0 Å². The normalized spacial score (nSPS) is 15.7. The molecule has 2 rings (SSSR count). The summed E-state index contributed by atoms with van der Waals surface area (Å²) >= 11 is 0. The molecule has 0 radical (unpaired) electrons. The van der Waals surface area contributed by atoms with Crippen molar-refractivity contribution in [2.75, 3.05) is 0 Å². The third-order valence-electron chi connectivity index (χ3n) is 4.31. The smallest absolute Gasteiger partial charge is 0.251 e. The van der Waals surface area contributed by atoms with Crippen LogP contribution in [0.3, 0.4) is 0 Å². The Morgan fingerprint density at radius 1 is 1.40 bits per heavy atom. The molecule has 1 aliphatic rings. The number of allylic oxidation sites excluding steroid dienone is 1. The molecule has 25 heavy (non-hydrogen) atoms. The Kier molecular flexibility index (Phi) is 5.72. The van der Waals surface area contributed by atoms with Gasteiger partial charge in [0.15, 0.2) is 0 Å². The number of aromatic nitrogens is 1. The van der Waals surface area contributed by atoms with Crippen molar-refractivity contribution >= 4 is 12.6 Å². The Balaban J connectivity index is 2.19. The molecular weight excluding hydrogens is 319 g/mol. The molecular formula is C19H25FN4O. The van der Waals surface area contributed by atoms with Crippen LogP contribution in [-0.2, 0) is 11.3 Å². The first-order valence-corrected chi connectivity index (χ1v) is 8.28. The second kappa shape index (κ2) is 7.59. The van der Waals surface area contributed by atoms with E-state index in [4.69, 9.17) is 0 Å². The summed E-state index contributed by atoms with van der Waals surface area (Å²) < 4.78 is 13.6. The zero-order valence-corrected chi connectivity index (χ0v) is 15.2. The molecule has 1 aliphatic carbocycles. The van der Waals surface area contributed by atoms with Crippen LogP contribution in [0.15, 0.2) is 45.9 Å². The van der Waals surface area contributed by atoms with Crippen molar-refractivity contribution in [2.45, 2.75) is 52.6 Å². The maximum atomic E-state index is 13.6. The van der Waals surface area contributed by atoms with Crippen LogP contribution in [-0.4, -0.2) is 23.1 Å². The van der Waals surface area contributed by atoms with Gasteiger partial charge in [0.25, 0.3) is 5.91 Å². The quantitative estimate of drug-likeness (QED) is 0.345. The van der Waals surface area contributed by atoms with Crippen LogP contribution in [0.5, 0.6) is 0 Å². The summed E-state index contributed by atoms with van der Waals surface area (Å²) in [6.45, 7) is 11.4. The Hall–Kier alpha value is -2.50. The molecule has 1 amide bonds. The molecule has 0 saturated heterocycles. The maximum absolute atomic E-state index is 13.6. The van der Waals surface area contributed by atoms with Gasteiger partial charge in [-0.1, -0.05) is 11.6 Å². The number of amides is 1. The van der Waals surface area contributed by atoms with Crippen molar-refractivity contribution in [2.24, 2.45) is 4.99 Å². The fraction of sp³-hybridized carbons (Fsp3) is 0.421. The number of carbonyl (C=O) groups is 1. The van der Waals surface area contributed by atoms with Crippen LogP contribution >= 0.6 is 0 Å². The molecule has 1 fully saturated rings. The van der Waals surface area contributed by atoms with Gasteiger partial charge in [0.05, 0.1) is 0 Å². The van der Waals surface area contributed by atoms with Crippen molar-refractivity contribution in [3.63, 3.8) is 0 Å². The predicted octanol–water partition coefficient (Wildman–Crippen LogP) is 3.25. The number of hydrogen-bond donors (Lipinski definition) is 2. The highest BCUT2D eigenvalue weighted by atomic mass is 19.1. The van der Waals surface area contributed by atoms with Gasteiger partial charge in [-0.05, 0) is 53.3 Å². The Morgan fingerprint density at radius 3 is 2.60 bits per heavy atom. The lowest BCUT2D eigenvalue weighted by Crippen LogP contribution is -2.30. The first kappa shape index (κ1) is 18.8. The maximum Gasteiger partial charge on any atom is 0.251 e. The number of halogens is 1. The second-order valence-corrected chi connectivity index (χ2v) is 6.83. The molecule has 0 spiro atoms. The van der Waals surface area contributed by atoms with Crippen LogP contribution in [0, 0.1) is 5.95 Å². The van der Waals surface area contributed by atoms with Crippen molar-refractivity contribution < 1.29 is 9.18 Å². The van der Waals surface area contributed by atoms with Crippen molar-refractivity contribution in [3.8, 4) is 0 Å². The van der Waals surface area contributed by atoms with Gasteiger partial charge in [0, 0.05) is 35.0 Å². The largest absolute Gasteiger partial charge is 0.365 e. The highest BCUT2D eigenvalue weighted by molar-refractivity contribution is 5.98. The topological polar surface area (TPSA) is 66.4 Å². The van der Waals surface area contributed by atoms with Gasteiger partial charge in [0.2, 0.25) is 5.95 Å². The van der Waals surface area contributed by atoms with Gasteiger partial charge in [0.1, 0.15) is 5.82 Å². The summed E-state index contributed by atoms with van der Waals surface area (Å²) in [5, 5.41) is 6.11. The monoisotopic (exact) mass is 344 g/mol. The summed E-state index contributed by atoms with van der Waals surface area (Å²) in [4.78, 5) is 20.3. The lowest BCUT2D eigenvalue weighted by Gasteiger charge is -2.18. The summed E-state index contributed by atoms with van der Waals surface area (Å²) in [6.07, 6.45) is 3.51. The molecule has 2 N–H and O–H groups in total. The van der Waals surface area contributed by atoms with Gasteiger partial charge < -0.3 is 10.6 Å². The zero-order chi connectivity index (χ0) is 18.6. The SMILES string of the molecule is C=N/C(NC1(C)CC1)=C(\C)C(C(=O)NCc1cccnc1F)=C(C)C. The molecule has 6 heteroatoms. The molecule has 134 valence electrons. The van der Waals surface area contributed by atoms with Gasteiger partial charge >= 0.3 is 0 Å². The van der Waals surface area contributed by atoms with Crippen LogP contribution in [0.1, 0.15) is 46.1 Å². The van der Waals surface area contributed by atoms with E-state index in [9.17, 15) is 9.18 Å². The molecule has 0 aliphatic heterocycles. The fourth-order valence-electron chi connectivity index (χ4n) is 2.56. The number of nitrogens with zero attached hydrogens (tertiary/aromatic N) is 2. The number of rotatable bonds is 7. The third-order valence-corrected chi connectivity index (χ3v) is 4.31. The molecule has 1 heterocycles. The summed E-state index contributed by atoms with van der Waals surface area (Å²) in [7, 11) is 0. The number of pyridine rings is 1. The average molecular weight is 344 g/mol. The number of hydrogen-bond acceptors (Lipinski definition) is 4. The molecule has 1 aromatic heterocycles. The van der Waals surface area contributed by atoms with E-state index in [2.05, 4.69) is 34.3 Å². The van der Waals surface area contributed by atoms with Gasteiger partial charge in [-0.2, -0.15) is 4.39 Å². The number of carbonyl (C=O) groups excluding carboxylic acids is 1. The van der Waals surface area contributed by atoms with E-state index in [0.717, 1.165) is 24.0 Å². The van der Waals surface area contributed by atoms with Crippen molar-refractivity contribution in [1.82, 2.24) is 15.6 Å². The predicted molar refractivity (Wildman–Crippen MR) is 97.4 cm³/mol. The van der Waals surface area contributed by atoms with Gasteiger partial charge in [-0.3, -0.25) is 4.79 Å². The average Bonchev–Trinajstić information content (AvgIpc) is 3.29. The molecule has 5 nitrogen and oxygen atoms in total. The summed E-state index contributed by atoms with van der Waals surface area (Å²) in [6, 6.07) is 3.23. The molecule has 1 saturated carbocycles. The Morgan fingerprint density at radius 2 is 2.08 bits per heavy atom. The van der Waals surface area contributed by atoms with E-state index in [1.54, 1.807) is 12.1 Å². The lowest BCUT2D eigenvalue weighted by molar-refractivity contribution is -0.117. The standard InChI is InChI=1S/C19H25FN4O/c1-12(2)15(13(3)17(21-5)24-19(4)8-9-19)18(25)23-11-14-7-6-10-22-16(14)20/h6-7,10,24H,5,8-9,11H2,1-4H3,(H,23,25)/b17-13-. The van der Waals surface area contributed by atoms with E-state index in [1.807, 2.05) is 20.8 Å². The summed E-state index contributed by atoms with van der Waals surface area (Å²) in [5.41, 5.74) is 2.48. The van der Waals surface area contributed by atoms with Crippen LogP contribution in [0.4, 0.5) is 4.39 Å². The molecule has 0 bridgehead atoms. The Labute approximate surface area is 148 Å².